The summed E-state index contributed by atoms with van der Waals surface area (Å²) >= 11 is 7.59. The molecule has 2 rings (SSSR count). The van der Waals surface area contributed by atoms with Crippen molar-refractivity contribution in [2.24, 2.45) is 5.92 Å². The first-order chi connectivity index (χ1) is 11.4. The number of hydrogen-bond donors (Lipinski definition) is 1. The molecule has 0 heterocycles. The molecule has 1 aliphatic carbocycles. The van der Waals surface area contributed by atoms with Gasteiger partial charge in [-0.05, 0) is 50.1 Å². The maximum absolute atomic E-state index is 12.3. The Morgan fingerprint density at radius 2 is 2.04 bits per heavy atom. The van der Waals surface area contributed by atoms with Crippen LogP contribution in [0.3, 0.4) is 0 Å². The number of halogens is 1. The monoisotopic (exact) mass is 369 g/mol. The largest absolute Gasteiger partial charge is 0.449 e. The van der Waals surface area contributed by atoms with E-state index < -0.39 is 12.1 Å². The van der Waals surface area contributed by atoms with Crippen LogP contribution in [0.1, 0.15) is 49.9 Å². The molecule has 1 saturated carbocycles. The van der Waals surface area contributed by atoms with Crippen molar-refractivity contribution in [3.8, 4) is 0 Å². The SMILES string of the molecule is CSc1ccc(Cl)c(C(=O)O[C@H](C)C(=O)N[C@@H]2CCCC[C@H]2C)c1. The van der Waals surface area contributed by atoms with Crippen LogP contribution in [0, 0.1) is 5.92 Å². The molecule has 0 aliphatic heterocycles. The van der Waals surface area contributed by atoms with Gasteiger partial charge in [0.1, 0.15) is 0 Å². The van der Waals surface area contributed by atoms with Crippen LogP contribution in [-0.2, 0) is 9.53 Å². The van der Waals surface area contributed by atoms with Crippen molar-refractivity contribution in [3.63, 3.8) is 0 Å². The fraction of sp³-hybridized carbons (Fsp3) is 0.556. The second-order valence-corrected chi connectivity index (χ2v) is 7.56. The highest BCUT2D eigenvalue weighted by Crippen LogP contribution is 2.25. The number of rotatable bonds is 5. The summed E-state index contributed by atoms with van der Waals surface area (Å²) in [5.74, 6) is -0.368. The van der Waals surface area contributed by atoms with Crippen molar-refractivity contribution >= 4 is 35.2 Å². The molecule has 1 N–H and O–H groups in total. The molecule has 0 aromatic heterocycles. The molecule has 1 aliphatic rings. The number of hydrogen-bond acceptors (Lipinski definition) is 4. The minimum absolute atomic E-state index is 0.163. The van der Waals surface area contributed by atoms with E-state index in [0.717, 1.165) is 24.2 Å². The molecular formula is C18H24ClNO3S. The van der Waals surface area contributed by atoms with Crippen LogP contribution in [0.15, 0.2) is 23.1 Å². The van der Waals surface area contributed by atoms with Crippen LogP contribution >= 0.6 is 23.4 Å². The smallest absolute Gasteiger partial charge is 0.340 e. The lowest BCUT2D eigenvalue weighted by atomic mass is 9.86. The Balaban J connectivity index is 1.96. The Hall–Kier alpha value is -1.20. The Kier molecular flexibility index (Phi) is 6.99. The summed E-state index contributed by atoms with van der Waals surface area (Å²) in [5, 5.41) is 3.33. The van der Waals surface area contributed by atoms with Gasteiger partial charge in [-0.15, -0.1) is 11.8 Å². The number of thioether (sulfide) groups is 1. The third kappa shape index (κ3) is 4.90. The third-order valence-corrected chi connectivity index (χ3v) is 5.54. The van der Waals surface area contributed by atoms with Gasteiger partial charge >= 0.3 is 5.97 Å². The van der Waals surface area contributed by atoms with Crippen molar-refractivity contribution in [3.05, 3.63) is 28.8 Å². The van der Waals surface area contributed by atoms with Gasteiger partial charge in [0.2, 0.25) is 0 Å². The van der Waals surface area contributed by atoms with Crippen LogP contribution < -0.4 is 5.32 Å². The summed E-state index contributed by atoms with van der Waals surface area (Å²) in [6.07, 6.45) is 5.51. The molecule has 3 atom stereocenters. The molecule has 1 fully saturated rings. The Morgan fingerprint density at radius 1 is 1.33 bits per heavy atom. The topological polar surface area (TPSA) is 55.4 Å². The molecule has 1 aromatic rings. The van der Waals surface area contributed by atoms with Gasteiger partial charge in [0.15, 0.2) is 6.10 Å². The number of nitrogens with one attached hydrogen (secondary N) is 1. The summed E-state index contributed by atoms with van der Waals surface area (Å²) in [4.78, 5) is 25.5. The van der Waals surface area contributed by atoms with Gasteiger partial charge in [-0.25, -0.2) is 4.79 Å². The Bertz CT molecular complexity index is 608. The van der Waals surface area contributed by atoms with Crippen LogP contribution in [0.4, 0.5) is 0 Å². The van der Waals surface area contributed by atoms with Gasteiger partial charge in [-0.1, -0.05) is 31.4 Å². The standard InChI is InChI=1S/C18H24ClNO3S/c1-11-6-4-5-7-16(11)20-17(21)12(2)23-18(22)14-10-13(24-3)8-9-15(14)19/h8-12,16H,4-7H2,1-3H3,(H,20,21)/t11-,12-,16-/m1/s1. The summed E-state index contributed by atoms with van der Waals surface area (Å²) in [6.45, 7) is 3.74. The summed E-state index contributed by atoms with van der Waals surface area (Å²) in [5.41, 5.74) is 0.286. The molecule has 0 radical (unpaired) electrons. The number of carbonyl (C=O) groups is 2. The fourth-order valence-corrected chi connectivity index (χ4v) is 3.53. The predicted molar refractivity (Wildman–Crippen MR) is 97.7 cm³/mol. The van der Waals surface area contributed by atoms with Crippen molar-refractivity contribution in [1.82, 2.24) is 5.32 Å². The second-order valence-electron chi connectivity index (χ2n) is 6.27. The summed E-state index contributed by atoms with van der Waals surface area (Å²) in [6, 6.07) is 5.35. The van der Waals surface area contributed by atoms with Crippen molar-refractivity contribution < 1.29 is 14.3 Å². The molecule has 1 aromatic carbocycles. The molecule has 24 heavy (non-hydrogen) atoms. The van der Waals surface area contributed by atoms with E-state index in [9.17, 15) is 9.59 Å². The zero-order valence-corrected chi connectivity index (χ0v) is 15.9. The van der Waals surface area contributed by atoms with Gasteiger partial charge in [0.05, 0.1) is 10.6 Å². The van der Waals surface area contributed by atoms with Crippen LogP contribution in [-0.4, -0.2) is 30.3 Å². The Labute approximate surface area is 152 Å². The van der Waals surface area contributed by atoms with E-state index in [-0.39, 0.29) is 17.5 Å². The molecule has 132 valence electrons. The van der Waals surface area contributed by atoms with Gasteiger partial charge in [-0.3, -0.25) is 4.79 Å². The first-order valence-corrected chi connectivity index (χ1v) is 9.87. The molecule has 0 unspecified atom stereocenters. The van der Waals surface area contributed by atoms with Gasteiger partial charge in [0, 0.05) is 10.9 Å². The molecule has 1 amide bonds. The lowest BCUT2D eigenvalue weighted by Crippen LogP contribution is -2.46. The van der Waals surface area contributed by atoms with E-state index in [0.29, 0.717) is 10.9 Å². The molecule has 0 bridgehead atoms. The first kappa shape index (κ1) is 19.1. The fourth-order valence-electron chi connectivity index (χ4n) is 2.90. The maximum Gasteiger partial charge on any atom is 0.340 e. The van der Waals surface area contributed by atoms with Gasteiger partial charge in [0.25, 0.3) is 5.91 Å². The van der Waals surface area contributed by atoms with E-state index in [4.69, 9.17) is 16.3 Å². The number of esters is 1. The molecule has 0 spiro atoms. The maximum atomic E-state index is 12.3. The molecular weight excluding hydrogens is 346 g/mol. The summed E-state index contributed by atoms with van der Waals surface area (Å²) < 4.78 is 5.31. The average molecular weight is 370 g/mol. The van der Waals surface area contributed by atoms with Crippen molar-refractivity contribution in [2.45, 2.75) is 56.6 Å². The lowest BCUT2D eigenvalue weighted by molar-refractivity contribution is -0.130. The second kappa shape index (κ2) is 8.77. The first-order valence-electron chi connectivity index (χ1n) is 8.27. The van der Waals surface area contributed by atoms with Crippen molar-refractivity contribution in [1.29, 1.82) is 0 Å². The van der Waals surface area contributed by atoms with E-state index in [1.165, 1.54) is 18.2 Å². The Morgan fingerprint density at radius 3 is 2.71 bits per heavy atom. The van der Waals surface area contributed by atoms with Gasteiger partial charge < -0.3 is 10.1 Å². The lowest BCUT2D eigenvalue weighted by Gasteiger charge is -2.30. The molecule has 0 saturated heterocycles. The molecule has 6 heteroatoms. The molecule has 4 nitrogen and oxygen atoms in total. The van der Waals surface area contributed by atoms with Crippen LogP contribution in [0.25, 0.3) is 0 Å². The van der Waals surface area contributed by atoms with E-state index >= 15 is 0 Å². The minimum atomic E-state index is -0.847. The van der Waals surface area contributed by atoms with Gasteiger partial charge in [-0.2, -0.15) is 0 Å². The number of benzene rings is 1. The predicted octanol–water partition coefficient (Wildman–Crippen LogP) is 4.30. The normalized spacial score (nSPS) is 21.8. The van der Waals surface area contributed by atoms with Crippen molar-refractivity contribution in [2.75, 3.05) is 6.26 Å². The third-order valence-electron chi connectivity index (χ3n) is 4.49. The number of amides is 1. The zero-order valence-electron chi connectivity index (χ0n) is 14.3. The average Bonchev–Trinajstić information content (AvgIpc) is 2.57. The highest BCUT2D eigenvalue weighted by Gasteiger charge is 2.27. The highest BCUT2D eigenvalue weighted by molar-refractivity contribution is 7.98. The zero-order chi connectivity index (χ0) is 17.7. The van der Waals surface area contributed by atoms with Crippen LogP contribution in [0.5, 0.6) is 0 Å². The quantitative estimate of drug-likeness (QED) is 0.621. The van der Waals surface area contributed by atoms with E-state index in [2.05, 4.69) is 12.2 Å². The summed E-state index contributed by atoms with van der Waals surface area (Å²) in [7, 11) is 0. The number of ether oxygens (including phenoxy) is 1. The van der Waals surface area contributed by atoms with E-state index in [1.807, 2.05) is 12.3 Å². The highest BCUT2D eigenvalue weighted by atomic mass is 35.5. The van der Waals surface area contributed by atoms with Crippen LogP contribution in [0.2, 0.25) is 5.02 Å². The number of carbonyl (C=O) groups excluding carboxylic acids is 2. The minimum Gasteiger partial charge on any atom is -0.449 e. The van der Waals surface area contributed by atoms with E-state index in [1.54, 1.807) is 19.1 Å².